The van der Waals surface area contributed by atoms with Gasteiger partial charge in [0.15, 0.2) is 0 Å². The number of nitrogens with zero attached hydrogens (tertiary/aromatic N) is 1. The fourth-order valence-electron chi connectivity index (χ4n) is 2.36. The summed E-state index contributed by atoms with van der Waals surface area (Å²) in [5.74, 6) is 0.495. The predicted molar refractivity (Wildman–Crippen MR) is 82.9 cm³/mol. The van der Waals surface area contributed by atoms with E-state index in [0.29, 0.717) is 17.7 Å². The van der Waals surface area contributed by atoms with Crippen molar-refractivity contribution < 1.29 is 0 Å². The van der Waals surface area contributed by atoms with Crippen molar-refractivity contribution in [3.05, 3.63) is 76.1 Å². The first-order valence-corrected chi connectivity index (χ1v) is 6.59. The van der Waals surface area contributed by atoms with Gasteiger partial charge in [-0.3, -0.25) is 9.36 Å². The fourth-order valence-corrected chi connectivity index (χ4v) is 2.36. The molecular formula is C17H16N2O. The number of pyridine rings is 1. The number of hydrogen-bond acceptors (Lipinski definition) is 2. The molecule has 0 unspecified atom stereocenters. The Bertz CT molecular complexity index is 817. The van der Waals surface area contributed by atoms with E-state index < -0.39 is 0 Å². The quantitative estimate of drug-likeness (QED) is 0.773. The third kappa shape index (κ3) is 2.18. The molecule has 0 saturated carbocycles. The lowest BCUT2D eigenvalue weighted by molar-refractivity contribution is 0.780. The SMILES string of the molecule is Cc1ccc(Cn2c(N)cc3ccccc3c2=O)cc1. The van der Waals surface area contributed by atoms with Crippen molar-refractivity contribution in [1.29, 1.82) is 0 Å². The van der Waals surface area contributed by atoms with Gasteiger partial charge in [-0.2, -0.15) is 0 Å². The molecule has 0 amide bonds. The number of aryl methyl sites for hydroxylation is 1. The number of fused-ring (bicyclic) bond motifs is 1. The van der Waals surface area contributed by atoms with Gasteiger partial charge in [-0.15, -0.1) is 0 Å². The molecule has 0 bridgehead atoms. The van der Waals surface area contributed by atoms with Crippen LogP contribution in [0.15, 0.2) is 59.4 Å². The molecule has 0 atom stereocenters. The third-order valence-corrected chi connectivity index (χ3v) is 3.51. The summed E-state index contributed by atoms with van der Waals surface area (Å²) in [6.45, 7) is 2.54. The maximum absolute atomic E-state index is 12.5. The number of nitrogen functional groups attached to an aromatic ring is 1. The first-order chi connectivity index (χ1) is 9.65. The van der Waals surface area contributed by atoms with Crippen molar-refractivity contribution in [3.63, 3.8) is 0 Å². The van der Waals surface area contributed by atoms with Crippen LogP contribution in [0.2, 0.25) is 0 Å². The summed E-state index contributed by atoms with van der Waals surface area (Å²) < 4.78 is 1.62. The molecule has 3 heteroatoms. The van der Waals surface area contributed by atoms with E-state index in [-0.39, 0.29) is 5.56 Å². The summed E-state index contributed by atoms with van der Waals surface area (Å²) in [4.78, 5) is 12.5. The van der Waals surface area contributed by atoms with Crippen LogP contribution in [0, 0.1) is 6.92 Å². The van der Waals surface area contributed by atoms with Gasteiger partial charge in [-0.1, -0.05) is 48.0 Å². The van der Waals surface area contributed by atoms with Gasteiger partial charge in [-0.05, 0) is 30.0 Å². The fraction of sp³-hybridized carbons (Fsp3) is 0.118. The average molecular weight is 264 g/mol. The zero-order chi connectivity index (χ0) is 14.1. The van der Waals surface area contributed by atoms with Crippen LogP contribution in [-0.4, -0.2) is 4.57 Å². The zero-order valence-corrected chi connectivity index (χ0v) is 11.3. The topological polar surface area (TPSA) is 48.0 Å². The van der Waals surface area contributed by atoms with Gasteiger partial charge in [0.25, 0.3) is 5.56 Å². The first kappa shape index (κ1) is 12.5. The Kier molecular flexibility index (Phi) is 3.03. The number of hydrogen-bond donors (Lipinski definition) is 1. The van der Waals surface area contributed by atoms with Crippen molar-refractivity contribution in [1.82, 2.24) is 4.57 Å². The molecule has 0 fully saturated rings. The molecule has 3 nitrogen and oxygen atoms in total. The number of nitrogens with two attached hydrogens (primary N) is 1. The molecule has 100 valence electrons. The molecule has 0 aliphatic rings. The maximum Gasteiger partial charge on any atom is 0.260 e. The number of rotatable bonds is 2. The average Bonchev–Trinajstić information content (AvgIpc) is 2.45. The molecule has 0 saturated heterocycles. The van der Waals surface area contributed by atoms with Gasteiger partial charge in [0.05, 0.1) is 6.54 Å². The van der Waals surface area contributed by atoms with Crippen LogP contribution in [0.5, 0.6) is 0 Å². The minimum absolute atomic E-state index is 0.0406. The molecule has 0 aliphatic carbocycles. The van der Waals surface area contributed by atoms with E-state index in [1.54, 1.807) is 4.57 Å². The minimum atomic E-state index is -0.0406. The highest BCUT2D eigenvalue weighted by atomic mass is 16.1. The second-order valence-electron chi connectivity index (χ2n) is 5.03. The van der Waals surface area contributed by atoms with Gasteiger partial charge in [0, 0.05) is 5.39 Å². The number of benzene rings is 2. The zero-order valence-electron chi connectivity index (χ0n) is 11.3. The van der Waals surface area contributed by atoms with Crippen LogP contribution in [0.25, 0.3) is 10.8 Å². The molecular weight excluding hydrogens is 248 g/mol. The molecule has 0 aliphatic heterocycles. The summed E-state index contributed by atoms with van der Waals surface area (Å²) in [6.07, 6.45) is 0. The van der Waals surface area contributed by atoms with E-state index in [2.05, 4.69) is 0 Å². The van der Waals surface area contributed by atoms with Crippen LogP contribution >= 0.6 is 0 Å². The Balaban J connectivity index is 2.11. The van der Waals surface area contributed by atoms with E-state index in [9.17, 15) is 4.79 Å². The van der Waals surface area contributed by atoms with E-state index in [1.165, 1.54) is 5.56 Å². The molecule has 3 aromatic rings. The van der Waals surface area contributed by atoms with Gasteiger partial charge >= 0.3 is 0 Å². The van der Waals surface area contributed by atoms with Gasteiger partial charge in [-0.25, -0.2) is 0 Å². The summed E-state index contributed by atoms with van der Waals surface area (Å²) in [7, 11) is 0. The van der Waals surface area contributed by atoms with Gasteiger partial charge < -0.3 is 5.73 Å². The highest BCUT2D eigenvalue weighted by Crippen LogP contribution is 2.14. The van der Waals surface area contributed by atoms with Crippen LogP contribution in [-0.2, 0) is 6.54 Å². The second kappa shape index (κ2) is 4.85. The summed E-state index contributed by atoms with van der Waals surface area (Å²) in [5.41, 5.74) is 8.26. The van der Waals surface area contributed by atoms with Crippen LogP contribution in [0.4, 0.5) is 5.82 Å². The van der Waals surface area contributed by atoms with Crippen molar-refractivity contribution in [2.24, 2.45) is 0 Å². The highest BCUT2D eigenvalue weighted by Gasteiger charge is 2.07. The molecule has 3 rings (SSSR count). The van der Waals surface area contributed by atoms with Gasteiger partial charge in [0.1, 0.15) is 5.82 Å². The Morgan fingerprint density at radius 3 is 2.50 bits per heavy atom. The largest absolute Gasteiger partial charge is 0.385 e. The van der Waals surface area contributed by atoms with Crippen LogP contribution in [0.3, 0.4) is 0 Å². The molecule has 0 radical (unpaired) electrons. The summed E-state index contributed by atoms with van der Waals surface area (Å²) >= 11 is 0. The maximum atomic E-state index is 12.5. The normalized spacial score (nSPS) is 10.8. The Hall–Kier alpha value is -2.55. The lowest BCUT2D eigenvalue weighted by atomic mass is 10.1. The number of aromatic nitrogens is 1. The lowest BCUT2D eigenvalue weighted by Crippen LogP contribution is -2.23. The molecule has 2 aromatic carbocycles. The molecule has 20 heavy (non-hydrogen) atoms. The van der Waals surface area contributed by atoms with E-state index in [0.717, 1.165) is 10.9 Å². The Morgan fingerprint density at radius 2 is 1.75 bits per heavy atom. The molecule has 2 N–H and O–H groups in total. The molecule has 1 heterocycles. The van der Waals surface area contributed by atoms with E-state index in [4.69, 9.17) is 5.73 Å². The predicted octanol–water partition coefficient (Wildman–Crippen LogP) is 2.94. The van der Waals surface area contributed by atoms with Crippen LogP contribution in [0.1, 0.15) is 11.1 Å². The minimum Gasteiger partial charge on any atom is -0.385 e. The van der Waals surface area contributed by atoms with Crippen molar-refractivity contribution in [2.75, 3.05) is 5.73 Å². The Labute approximate surface area is 117 Å². The monoisotopic (exact) mass is 264 g/mol. The standard InChI is InChI=1S/C17H16N2O/c1-12-6-8-13(9-7-12)11-19-16(18)10-14-4-2-3-5-15(14)17(19)20/h2-10H,11,18H2,1H3. The second-order valence-corrected chi connectivity index (χ2v) is 5.03. The van der Waals surface area contributed by atoms with Crippen molar-refractivity contribution in [2.45, 2.75) is 13.5 Å². The third-order valence-electron chi connectivity index (χ3n) is 3.51. The van der Waals surface area contributed by atoms with Crippen molar-refractivity contribution >= 4 is 16.6 Å². The van der Waals surface area contributed by atoms with Crippen molar-refractivity contribution in [3.8, 4) is 0 Å². The van der Waals surface area contributed by atoms with Crippen LogP contribution < -0.4 is 11.3 Å². The molecule has 0 spiro atoms. The summed E-state index contributed by atoms with van der Waals surface area (Å²) in [6, 6.07) is 17.5. The van der Waals surface area contributed by atoms with E-state index in [1.807, 2.05) is 61.5 Å². The summed E-state index contributed by atoms with van der Waals surface area (Å²) in [5, 5.41) is 1.59. The smallest absolute Gasteiger partial charge is 0.260 e. The van der Waals surface area contributed by atoms with Gasteiger partial charge in [0.2, 0.25) is 0 Å². The Morgan fingerprint density at radius 1 is 1.05 bits per heavy atom. The lowest BCUT2D eigenvalue weighted by Gasteiger charge is -2.11. The van der Waals surface area contributed by atoms with E-state index >= 15 is 0 Å². The first-order valence-electron chi connectivity index (χ1n) is 6.59. The molecule has 1 aromatic heterocycles. The number of anilines is 1. The highest BCUT2D eigenvalue weighted by molar-refractivity contribution is 5.83.